The van der Waals surface area contributed by atoms with E-state index in [-0.39, 0.29) is 11.5 Å². The van der Waals surface area contributed by atoms with Crippen LogP contribution >= 0.6 is 0 Å². The van der Waals surface area contributed by atoms with E-state index in [2.05, 4.69) is 98.5 Å². The number of hydrogen-bond donors (Lipinski definition) is 0. The number of rotatable bonds is 33. The van der Waals surface area contributed by atoms with Crippen molar-refractivity contribution in [1.82, 2.24) is 9.80 Å². The smallest absolute Gasteiger partial charge is 0.222 e. The van der Waals surface area contributed by atoms with Gasteiger partial charge in [-0.15, -0.1) is 0 Å². The van der Waals surface area contributed by atoms with Gasteiger partial charge >= 0.3 is 0 Å². The van der Waals surface area contributed by atoms with Crippen molar-refractivity contribution in [2.45, 2.75) is 205 Å². The SMILES string of the molecule is CC/C=C\C/C=C\C/C=C\CCCCCCCCC1(CCCCCCCC/C=C\C/C=C\CCCCC)COC2(CCN(C(=O)CCCN(C)C)CC2)O1. The van der Waals surface area contributed by atoms with Crippen molar-refractivity contribution in [2.75, 3.05) is 40.3 Å². The molecule has 310 valence electrons. The second kappa shape index (κ2) is 32.2. The van der Waals surface area contributed by atoms with Gasteiger partial charge in [-0.25, -0.2) is 0 Å². The summed E-state index contributed by atoms with van der Waals surface area (Å²) in [6, 6.07) is 0. The van der Waals surface area contributed by atoms with Crippen molar-refractivity contribution in [3.8, 4) is 0 Å². The molecule has 2 aliphatic heterocycles. The van der Waals surface area contributed by atoms with Gasteiger partial charge in [-0.2, -0.15) is 0 Å². The number of carbonyl (C=O) groups is 1. The molecule has 2 rings (SSSR count). The van der Waals surface area contributed by atoms with Crippen LogP contribution < -0.4 is 0 Å². The predicted molar refractivity (Wildman–Crippen MR) is 234 cm³/mol. The van der Waals surface area contributed by atoms with E-state index in [1.54, 1.807) is 0 Å². The molecule has 0 aromatic rings. The van der Waals surface area contributed by atoms with Crippen LogP contribution in [0, 0.1) is 0 Å². The minimum Gasteiger partial charge on any atom is -0.347 e. The van der Waals surface area contributed by atoms with Crippen LogP contribution in [0.25, 0.3) is 0 Å². The van der Waals surface area contributed by atoms with Crippen molar-refractivity contribution >= 4 is 5.91 Å². The second-order valence-corrected chi connectivity index (χ2v) is 16.6. The fourth-order valence-electron chi connectivity index (χ4n) is 7.81. The summed E-state index contributed by atoms with van der Waals surface area (Å²) in [7, 11) is 4.14. The topological polar surface area (TPSA) is 42.0 Å². The van der Waals surface area contributed by atoms with Crippen molar-refractivity contribution in [3.63, 3.8) is 0 Å². The number of allylic oxidation sites excluding steroid dienone is 10. The molecule has 1 spiro atoms. The Labute approximate surface area is 335 Å². The molecule has 2 heterocycles. The van der Waals surface area contributed by atoms with Gasteiger partial charge in [-0.05, 0) is 104 Å². The third-order valence-electron chi connectivity index (χ3n) is 11.2. The fourth-order valence-corrected chi connectivity index (χ4v) is 7.81. The highest BCUT2D eigenvalue weighted by Gasteiger charge is 2.51. The van der Waals surface area contributed by atoms with Gasteiger partial charge < -0.3 is 19.3 Å². The van der Waals surface area contributed by atoms with Crippen LogP contribution in [-0.4, -0.2) is 67.4 Å². The molecule has 0 bridgehead atoms. The molecular weight excluding hydrogens is 665 g/mol. The van der Waals surface area contributed by atoms with E-state index in [9.17, 15) is 4.79 Å². The first-order valence-corrected chi connectivity index (χ1v) is 23.0. The first-order chi connectivity index (χ1) is 26.4. The Morgan fingerprint density at radius 1 is 0.593 bits per heavy atom. The number of piperidine rings is 1. The average Bonchev–Trinajstić information content (AvgIpc) is 3.51. The van der Waals surface area contributed by atoms with Crippen LogP contribution in [0.5, 0.6) is 0 Å². The predicted octanol–water partition coefficient (Wildman–Crippen LogP) is 13.6. The van der Waals surface area contributed by atoms with E-state index in [0.29, 0.717) is 6.42 Å². The van der Waals surface area contributed by atoms with Gasteiger partial charge in [0.2, 0.25) is 5.91 Å². The maximum Gasteiger partial charge on any atom is 0.222 e. The Hall–Kier alpha value is -1.95. The van der Waals surface area contributed by atoms with E-state index in [1.165, 1.54) is 116 Å². The van der Waals surface area contributed by atoms with Crippen LogP contribution in [-0.2, 0) is 14.3 Å². The number of ether oxygens (including phenoxy) is 2. The maximum atomic E-state index is 12.9. The van der Waals surface area contributed by atoms with Gasteiger partial charge in [-0.3, -0.25) is 4.79 Å². The number of likely N-dealkylation sites (tertiary alicyclic amines) is 1. The first-order valence-electron chi connectivity index (χ1n) is 23.0. The van der Waals surface area contributed by atoms with E-state index in [1.807, 2.05) is 0 Å². The molecule has 2 fully saturated rings. The number of carbonyl (C=O) groups excluding carboxylic acids is 1. The molecule has 5 heteroatoms. The second-order valence-electron chi connectivity index (χ2n) is 16.6. The molecule has 0 saturated carbocycles. The molecule has 0 N–H and O–H groups in total. The third-order valence-corrected chi connectivity index (χ3v) is 11.2. The van der Waals surface area contributed by atoms with Crippen molar-refractivity contribution in [1.29, 1.82) is 0 Å². The number of nitrogens with zero attached hydrogens (tertiary/aromatic N) is 2. The lowest BCUT2D eigenvalue weighted by molar-refractivity contribution is -0.214. The molecule has 2 saturated heterocycles. The highest BCUT2D eigenvalue weighted by Crippen LogP contribution is 2.44. The Kier molecular flexibility index (Phi) is 28.7. The van der Waals surface area contributed by atoms with Crippen LogP contribution in [0.3, 0.4) is 0 Å². The Balaban J connectivity index is 1.69. The summed E-state index contributed by atoms with van der Waals surface area (Å²) in [5, 5.41) is 0. The summed E-state index contributed by atoms with van der Waals surface area (Å²) < 4.78 is 13.7. The van der Waals surface area contributed by atoms with Gasteiger partial charge in [-0.1, -0.05) is 152 Å². The molecule has 54 heavy (non-hydrogen) atoms. The molecule has 0 aromatic heterocycles. The van der Waals surface area contributed by atoms with E-state index < -0.39 is 5.79 Å². The largest absolute Gasteiger partial charge is 0.347 e. The Bertz CT molecular complexity index is 1050. The van der Waals surface area contributed by atoms with Crippen LogP contribution in [0.15, 0.2) is 60.8 Å². The fraction of sp³-hybridized carbons (Fsp3) is 0.776. The molecule has 0 aromatic carbocycles. The van der Waals surface area contributed by atoms with E-state index in [4.69, 9.17) is 9.47 Å². The Morgan fingerprint density at radius 3 is 1.56 bits per heavy atom. The molecule has 0 radical (unpaired) electrons. The highest BCUT2D eigenvalue weighted by molar-refractivity contribution is 5.76. The average molecular weight is 751 g/mol. The molecule has 5 nitrogen and oxygen atoms in total. The quantitative estimate of drug-likeness (QED) is 0.0495. The molecule has 1 atom stereocenters. The van der Waals surface area contributed by atoms with Crippen LogP contribution in [0.2, 0.25) is 0 Å². The first kappa shape index (κ1) is 48.2. The maximum absolute atomic E-state index is 12.9. The van der Waals surface area contributed by atoms with E-state index in [0.717, 1.165) is 84.0 Å². The summed E-state index contributed by atoms with van der Waals surface area (Å²) in [6.45, 7) is 7.64. The lowest BCUT2D eigenvalue weighted by Gasteiger charge is -2.39. The van der Waals surface area contributed by atoms with Crippen molar-refractivity contribution in [3.05, 3.63) is 60.8 Å². The van der Waals surface area contributed by atoms with Crippen LogP contribution in [0.1, 0.15) is 194 Å². The van der Waals surface area contributed by atoms with Crippen LogP contribution in [0.4, 0.5) is 0 Å². The van der Waals surface area contributed by atoms with Gasteiger partial charge in [0, 0.05) is 32.4 Å². The number of hydrogen-bond acceptors (Lipinski definition) is 4. The van der Waals surface area contributed by atoms with Gasteiger partial charge in [0.15, 0.2) is 5.79 Å². The molecule has 1 unspecified atom stereocenters. The monoisotopic (exact) mass is 751 g/mol. The molecule has 2 aliphatic rings. The normalized spacial score (nSPS) is 19.2. The zero-order valence-corrected chi connectivity index (χ0v) is 36.0. The van der Waals surface area contributed by atoms with Crippen molar-refractivity contribution in [2.24, 2.45) is 0 Å². The summed E-state index contributed by atoms with van der Waals surface area (Å²) in [4.78, 5) is 17.1. The van der Waals surface area contributed by atoms with Gasteiger partial charge in [0.1, 0.15) is 0 Å². The Morgan fingerprint density at radius 2 is 1.06 bits per heavy atom. The van der Waals surface area contributed by atoms with Gasteiger partial charge in [0.05, 0.1) is 12.2 Å². The van der Waals surface area contributed by atoms with E-state index >= 15 is 0 Å². The minimum atomic E-state index is -0.492. The molecule has 1 amide bonds. The zero-order valence-electron chi connectivity index (χ0n) is 36.0. The standard InChI is InChI=1S/C49H86N2O3/c1-5-7-9-11-13-15-17-19-21-23-25-27-29-31-33-35-39-48(40-36-34-32-30-28-26-24-22-20-18-16-14-12-10-8-6-2)46-53-49(54-48)41-44-51(45-42-49)47(52)38-37-43-50(3)4/h7,9,13-16,19-22H,5-6,8,10-12,17-18,23-46H2,1-4H3/b9-7-,15-13-,16-14-,21-19-,22-20-. The summed E-state index contributed by atoms with van der Waals surface area (Å²) in [5.41, 5.74) is -0.154. The molecule has 0 aliphatic carbocycles. The number of unbranched alkanes of at least 4 members (excludes halogenated alkanes) is 15. The summed E-state index contributed by atoms with van der Waals surface area (Å²) in [6.07, 6.45) is 56.0. The third kappa shape index (κ3) is 23.9. The lowest BCUT2D eigenvalue weighted by atomic mass is 9.90. The summed E-state index contributed by atoms with van der Waals surface area (Å²) >= 11 is 0. The number of amides is 1. The minimum absolute atomic E-state index is 0.154. The van der Waals surface area contributed by atoms with Gasteiger partial charge in [0.25, 0.3) is 0 Å². The van der Waals surface area contributed by atoms with Crippen molar-refractivity contribution < 1.29 is 14.3 Å². The summed E-state index contributed by atoms with van der Waals surface area (Å²) in [5.74, 6) is -0.203. The highest BCUT2D eigenvalue weighted by atomic mass is 16.8. The lowest BCUT2D eigenvalue weighted by Crippen LogP contribution is -2.48. The zero-order chi connectivity index (χ0) is 38.8. The molecular formula is C49H86N2O3.